The number of aromatic nitrogens is 2. The van der Waals surface area contributed by atoms with Crippen molar-refractivity contribution in [3.05, 3.63) is 48.3 Å². The van der Waals surface area contributed by atoms with Gasteiger partial charge in [0.25, 0.3) is 0 Å². The molecule has 0 saturated heterocycles. The molecule has 0 saturated carbocycles. The van der Waals surface area contributed by atoms with E-state index < -0.39 is 0 Å². The maximum atomic E-state index is 5.41. The van der Waals surface area contributed by atoms with E-state index in [2.05, 4.69) is 23.3 Å². The van der Waals surface area contributed by atoms with E-state index in [1.54, 1.807) is 0 Å². The Kier molecular flexibility index (Phi) is 4.16. The number of terminal acetylenes is 1. The Morgan fingerprint density at radius 2 is 2.17 bits per heavy atom. The van der Waals surface area contributed by atoms with Gasteiger partial charge in [0.05, 0.1) is 17.9 Å². The fourth-order valence-electron chi connectivity index (χ4n) is 1.74. The van der Waals surface area contributed by atoms with Crippen molar-refractivity contribution in [3.8, 4) is 18.0 Å². The van der Waals surface area contributed by atoms with Crippen LogP contribution in [0.5, 0.6) is 0 Å². The first kappa shape index (κ1) is 12.4. The van der Waals surface area contributed by atoms with Crippen LogP contribution in [0.1, 0.15) is 18.9 Å². The molecule has 0 aliphatic heterocycles. The van der Waals surface area contributed by atoms with Gasteiger partial charge in [0.2, 0.25) is 0 Å². The Morgan fingerprint density at radius 1 is 1.39 bits per heavy atom. The predicted octanol–water partition coefficient (Wildman–Crippen LogP) is 2.37. The second-order valence-electron chi connectivity index (χ2n) is 4.14. The third kappa shape index (κ3) is 2.99. The van der Waals surface area contributed by atoms with Crippen LogP contribution in [0.3, 0.4) is 0 Å². The lowest BCUT2D eigenvalue weighted by molar-refractivity contribution is 0.592. The molecule has 0 amide bonds. The fraction of sp³-hybridized carbons (Fsp3) is 0.267. The first-order valence-corrected chi connectivity index (χ1v) is 6.12. The van der Waals surface area contributed by atoms with E-state index in [9.17, 15) is 0 Å². The maximum absolute atomic E-state index is 5.41. The molecule has 2 rings (SSSR count). The number of hydrogen-bond acceptors (Lipinski definition) is 2. The van der Waals surface area contributed by atoms with Crippen LogP contribution >= 0.6 is 0 Å². The third-order valence-corrected chi connectivity index (χ3v) is 2.82. The van der Waals surface area contributed by atoms with Gasteiger partial charge in [-0.1, -0.05) is 31.0 Å². The normalized spacial score (nSPS) is 12.0. The molecular weight excluding hydrogens is 222 g/mol. The number of para-hydroxylation sites is 1. The highest BCUT2D eigenvalue weighted by atomic mass is 15.3. The lowest BCUT2D eigenvalue weighted by Crippen LogP contribution is -2.25. The molecule has 0 aliphatic carbocycles. The van der Waals surface area contributed by atoms with E-state index in [1.807, 2.05) is 47.4 Å². The summed E-state index contributed by atoms with van der Waals surface area (Å²) in [7, 11) is 0. The van der Waals surface area contributed by atoms with E-state index >= 15 is 0 Å². The van der Waals surface area contributed by atoms with Gasteiger partial charge >= 0.3 is 0 Å². The largest absolute Gasteiger partial charge is 0.299 e. The predicted molar refractivity (Wildman–Crippen MR) is 73.3 cm³/mol. The molecule has 1 N–H and O–H groups in total. The summed E-state index contributed by atoms with van der Waals surface area (Å²) >= 11 is 0. The fourth-order valence-corrected chi connectivity index (χ4v) is 1.74. The number of rotatable bonds is 5. The van der Waals surface area contributed by atoms with Crippen LogP contribution in [0.2, 0.25) is 0 Å². The SMILES string of the molecule is C#CC(CC)NCc1cnn(-c2ccccc2)c1. The van der Waals surface area contributed by atoms with Gasteiger partial charge in [-0.15, -0.1) is 6.42 Å². The zero-order chi connectivity index (χ0) is 12.8. The summed E-state index contributed by atoms with van der Waals surface area (Å²) in [6.07, 6.45) is 10.2. The summed E-state index contributed by atoms with van der Waals surface area (Å²) in [5, 5.41) is 7.65. The molecule has 3 nitrogen and oxygen atoms in total. The van der Waals surface area contributed by atoms with Crippen LogP contribution in [-0.2, 0) is 6.54 Å². The van der Waals surface area contributed by atoms with E-state index in [-0.39, 0.29) is 6.04 Å². The van der Waals surface area contributed by atoms with Gasteiger partial charge < -0.3 is 0 Å². The highest BCUT2D eigenvalue weighted by Gasteiger charge is 2.03. The molecule has 1 heterocycles. The molecule has 0 spiro atoms. The van der Waals surface area contributed by atoms with Crippen LogP contribution in [0.4, 0.5) is 0 Å². The van der Waals surface area contributed by atoms with Crippen molar-refractivity contribution in [1.29, 1.82) is 0 Å². The Morgan fingerprint density at radius 3 is 2.83 bits per heavy atom. The first-order chi connectivity index (χ1) is 8.83. The number of nitrogens with zero attached hydrogens (tertiary/aromatic N) is 2. The van der Waals surface area contributed by atoms with Crippen molar-refractivity contribution >= 4 is 0 Å². The summed E-state index contributed by atoms with van der Waals surface area (Å²) in [5.74, 6) is 2.72. The standard InChI is InChI=1S/C15H17N3/c1-3-14(4-2)16-10-13-11-17-18(12-13)15-8-6-5-7-9-15/h1,5-9,11-12,14,16H,4,10H2,2H3. The van der Waals surface area contributed by atoms with E-state index in [4.69, 9.17) is 6.42 Å². The molecular formula is C15H17N3. The number of hydrogen-bond donors (Lipinski definition) is 1. The Bertz CT molecular complexity index is 522. The minimum Gasteiger partial charge on any atom is -0.299 e. The molecule has 0 radical (unpaired) electrons. The smallest absolute Gasteiger partial charge is 0.0686 e. The van der Waals surface area contributed by atoms with Gasteiger partial charge in [-0.05, 0) is 18.6 Å². The zero-order valence-corrected chi connectivity index (χ0v) is 10.5. The first-order valence-electron chi connectivity index (χ1n) is 6.12. The van der Waals surface area contributed by atoms with Gasteiger partial charge in [-0.25, -0.2) is 4.68 Å². The maximum Gasteiger partial charge on any atom is 0.0686 e. The quantitative estimate of drug-likeness (QED) is 0.812. The molecule has 0 aliphatic rings. The highest BCUT2D eigenvalue weighted by molar-refractivity contribution is 5.30. The highest BCUT2D eigenvalue weighted by Crippen LogP contribution is 2.07. The van der Waals surface area contributed by atoms with Crippen LogP contribution in [0, 0.1) is 12.3 Å². The molecule has 1 unspecified atom stereocenters. The van der Waals surface area contributed by atoms with Crippen LogP contribution in [0.25, 0.3) is 5.69 Å². The van der Waals surface area contributed by atoms with Gasteiger partial charge in [-0.2, -0.15) is 5.10 Å². The Labute approximate surface area is 108 Å². The average Bonchev–Trinajstić information content (AvgIpc) is 2.90. The van der Waals surface area contributed by atoms with Crippen LogP contribution in [0.15, 0.2) is 42.7 Å². The van der Waals surface area contributed by atoms with Crippen molar-refractivity contribution in [3.63, 3.8) is 0 Å². The minimum atomic E-state index is 0.130. The summed E-state index contributed by atoms with van der Waals surface area (Å²) in [6, 6.07) is 10.2. The monoisotopic (exact) mass is 239 g/mol. The summed E-state index contributed by atoms with van der Waals surface area (Å²) in [5.41, 5.74) is 2.19. The molecule has 0 bridgehead atoms. The number of nitrogens with one attached hydrogen (secondary N) is 1. The number of benzene rings is 1. The van der Waals surface area contributed by atoms with Gasteiger partial charge in [0, 0.05) is 18.3 Å². The second kappa shape index (κ2) is 6.04. The second-order valence-corrected chi connectivity index (χ2v) is 4.14. The van der Waals surface area contributed by atoms with Crippen molar-refractivity contribution in [2.45, 2.75) is 25.9 Å². The van der Waals surface area contributed by atoms with Crippen molar-refractivity contribution in [2.75, 3.05) is 0 Å². The Balaban J connectivity index is 2.01. The van der Waals surface area contributed by atoms with Gasteiger partial charge in [-0.3, -0.25) is 5.32 Å². The molecule has 2 aromatic rings. The lowest BCUT2D eigenvalue weighted by Gasteiger charge is -2.08. The molecule has 92 valence electrons. The zero-order valence-electron chi connectivity index (χ0n) is 10.5. The average molecular weight is 239 g/mol. The van der Waals surface area contributed by atoms with E-state index in [0.717, 1.165) is 24.2 Å². The Hall–Kier alpha value is -2.05. The molecule has 0 fully saturated rings. The lowest BCUT2D eigenvalue weighted by atomic mass is 10.2. The molecule has 18 heavy (non-hydrogen) atoms. The summed E-state index contributed by atoms with van der Waals surface area (Å²) in [4.78, 5) is 0. The van der Waals surface area contributed by atoms with Crippen molar-refractivity contribution in [2.24, 2.45) is 0 Å². The van der Waals surface area contributed by atoms with Crippen molar-refractivity contribution in [1.82, 2.24) is 15.1 Å². The van der Waals surface area contributed by atoms with Gasteiger partial charge in [0.15, 0.2) is 0 Å². The van der Waals surface area contributed by atoms with Crippen molar-refractivity contribution < 1.29 is 0 Å². The summed E-state index contributed by atoms with van der Waals surface area (Å²) < 4.78 is 1.87. The third-order valence-electron chi connectivity index (χ3n) is 2.82. The van der Waals surface area contributed by atoms with Gasteiger partial charge in [0.1, 0.15) is 0 Å². The van der Waals surface area contributed by atoms with E-state index in [1.165, 1.54) is 0 Å². The summed E-state index contributed by atoms with van der Waals surface area (Å²) in [6.45, 7) is 2.82. The molecule has 3 heteroatoms. The van der Waals surface area contributed by atoms with Crippen LogP contribution < -0.4 is 5.32 Å². The molecule has 1 aromatic heterocycles. The van der Waals surface area contributed by atoms with E-state index in [0.29, 0.717) is 0 Å². The topological polar surface area (TPSA) is 29.9 Å². The molecule has 1 aromatic carbocycles. The van der Waals surface area contributed by atoms with Crippen LogP contribution in [-0.4, -0.2) is 15.8 Å². The molecule has 1 atom stereocenters. The minimum absolute atomic E-state index is 0.130.